The van der Waals surface area contributed by atoms with Gasteiger partial charge in [-0.1, -0.05) is 22.0 Å². The van der Waals surface area contributed by atoms with Gasteiger partial charge >= 0.3 is 0 Å². The predicted molar refractivity (Wildman–Crippen MR) is 105 cm³/mol. The SMILES string of the molecule is COCC(=O)Nc1cccc(NC(=O)c2ccc(Br)cc2OC(C)C)c1. The van der Waals surface area contributed by atoms with E-state index >= 15 is 0 Å². The Labute approximate surface area is 161 Å². The number of amides is 2. The molecule has 6 nitrogen and oxygen atoms in total. The first-order valence-corrected chi connectivity index (χ1v) is 8.84. The molecule has 0 aliphatic heterocycles. The number of halogens is 1. The lowest BCUT2D eigenvalue weighted by molar-refractivity contribution is -0.119. The number of benzene rings is 2. The van der Waals surface area contributed by atoms with Crippen LogP contribution < -0.4 is 15.4 Å². The Bertz CT molecular complexity index is 793. The molecule has 7 heteroatoms. The summed E-state index contributed by atoms with van der Waals surface area (Å²) in [5, 5.41) is 5.52. The maximum atomic E-state index is 12.6. The van der Waals surface area contributed by atoms with E-state index in [0.29, 0.717) is 22.7 Å². The van der Waals surface area contributed by atoms with Crippen LogP contribution in [0.2, 0.25) is 0 Å². The molecule has 0 fully saturated rings. The van der Waals surface area contributed by atoms with Crippen molar-refractivity contribution >= 4 is 39.1 Å². The van der Waals surface area contributed by atoms with Crippen molar-refractivity contribution in [3.8, 4) is 5.75 Å². The zero-order valence-corrected chi connectivity index (χ0v) is 16.4. The summed E-state index contributed by atoms with van der Waals surface area (Å²) in [5.41, 5.74) is 1.55. The molecule has 0 unspecified atom stereocenters. The summed E-state index contributed by atoms with van der Waals surface area (Å²) in [5.74, 6) is -0.0681. The van der Waals surface area contributed by atoms with Crippen LogP contribution in [0.4, 0.5) is 11.4 Å². The van der Waals surface area contributed by atoms with Crippen LogP contribution >= 0.6 is 15.9 Å². The second kappa shape index (κ2) is 9.35. The highest BCUT2D eigenvalue weighted by molar-refractivity contribution is 9.10. The Hall–Kier alpha value is -2.38. The van der Waals surface area contributed by atoms with Crippen molar-refractivity contribution in [3.05, 3.63) is 52.5 Å². The molecule has 0 saturated carbocycles. The zero-order chi connectivity index (χ0) is 19.1. The minimum atomic E-state index is -0.298. The van der Waals surface area contributed by atoms with Gasteiger partial charge in [-0.15, -0.1) is 0 Å². The van der Waals surface area contributed by atoms with Gasteiger partial charge in [0.1, 0.15) is 12.4 Å². The molecule has 0 aromatic heterocycles. The Morgan fingerprint density at radius 2 is 1.77 bits per heavy atom. The summed E-state index contributed by atoms with van der Waals surface area (Å²) in [6, 6.07) is 12.1. The van der Waals surface area contributed by atoms with Crippen LogP contribution in [0, 0.1) is 0 Å². The normalized spacial score (nSPS) is 10.5. The Morgan fingerprint density at radius 3 is 2.42 bits per heavy atom. The predicted octanol–water partition coefficient (Wildman–Crippen LogP) is 4.07. The van der Waals surface area contributed by atoms with Crippen LogP contribution in [0.15, 0.2) is 46.9 Å². The number of anilines is 2. The lowest BCUT2D eigenvalue weighted by atomic mass is 10.1. The Kier molecular flexibility index (Phi) is 7.17. The molecule has 0 saturated heterocycles. The molecular formula is C19H21BrN2O4. The lowest BCUT2D eigenvalue weighted by Crippen LogP contribution is -2.18. The van der Waals surface area contributed by atoms with Gasteiger partial charge in [0, 0.05) is 23.0 Å². The van der Waals surface area contributed by atoms with Gasteiger partial charge in [-0.2, -0.15) is 0 Å². The maximum Gasteiger partial charge on any atom is 0.259 e. The fourth-order valence-corrected chi connectivity index (χ4v) is 2.58. The first kappa shape index (κ1) is 19.9. The molecule has 0 bridgehead atoms. The zero-order valence-electron chi connectivity index (χ0n) is 14.8. The highest BCUT2D eigenvalue weighted by Gasteiger charge is 2.15. The third kappa shape index (κ3) is 5.86. The molecule has 138 valence electrons. The Balaban J connectivity index is 2.16. The molecule has 2 rings (SSSR count). The summed E-state index contributed by atoms with van der Waals surface area (Å²) in [7, 11) is 1.45. The van der Waals surface area contributed by atoms with E-state index in [-0.39, 0.29) is 24.5 Å². The molecule has 2 aromatic rings. The Morgan fingerprint density at radius 1 is 1.08 bits per heavy atom. The van der Waals surface area contributed by atoms with Crippen LogP contribution in [0.5, 0.6) is 5.75 Å². The van der Waals surface area contributed by atoms with Gasteiger partial charge in [-0.25, -0.2) is 0 Å². The number of hydrogen-bond donors (Lipinski definition) is 2. The van der Waals surface area contributed by atoms with E-state index in [1.165, 1.54) is 7.11 Å². The van der Waals surface area contributed by atoms with Crippen LogP contribution in [0.3, 0.4) is 0 Å². The third-order valence-corrected chi connectivity index (χ3v) is 3.72. The van der Waals surface area contributed by atoms with Crippen LogP contribution in [-0.4, -0.2) is 31.6 Å². The molecule has 0 atom stereocenters. The van der Waals surface area contributed by atoms with Crippen molar-refractivity contribution < 1.29 is 19.1 Å². The standard InChI is InChI=1S/C19H21BrN2O4/c1-12(2)26-17-9-13(20)7-8-16(17)19(24)22-15-6-4-5-14(10-15)21-18(23)11-25-3/h4-10,12H,11H2,1-3H3,(H,21,23)(H,22,24). The van der Waals surface area contributed by atoms with Gasteiger partial charge in [0.05, 0.1) is 11.7 Å². The highest BCUT2D eigenvalue weighted by Crippen LogP contribution is 2.26. The number of nitrogens with one attached hydrogen (secondary N) is 2. The van der Waals surface area contributed by atoms with Crippen molar-refractivity contribution in [2.75, 3.05) is 24.4 Å². The van der Waals surface area contributed by atoms with E-state index in [1.54, 1.807) is 42.5 Å². The van der Waals surface area contributed by atoms with Crippen molar-refractivity contribution in [2.24, 2.45) is 0 Å². The van der Waals surface area contributed by atoms with Crippen LogP contribution in [0.1, 0.15) is 24.2 Å². The van der Waals surface area contributed by atoms with E-state index in [0.717, 1.165) is 4.47 Å². The van der Waals surface area contributed by atoms with E-state index in [4.69, 9.17) is 9.47 Å². The van der Waals surface area contributed by atoms with Gasteiger partial charge in [0.25, 0.3) is 5.91 Å². The molecule has 0 aliphatic rings. The van der Waals surface area contributed by atoms with Gasteiger partial charge in [-0.05, 0) is 50.2 Å². The lowest BCUT2D eigenvalue weighted by Gasteiger charge is -2.15. The second-order valence-corrected chi connectivity index (χ2v) is 6.74. The largest absolute Gasteiger partial charge is 0.490 e. The number of methoxy groups -OCH3 is 1. The first-order chi connectivity index (χ1) is 12.4. The van der Waals surface area contributed by atoms with E-state index < -0.39 is 0 Å². The van der Waals surface area contributed by atoms with Gasteiger partial charge in [0.2, 0.25) is 5.91 Å². The average Bonchev–Trinajstić information content (AvgIpc) is 2.54. The van der Waals surface area contributed by atoms with Crippen molar-refractivity contribution in [1.29, 1.82) is 0 Å². The highest BCUT2D eigenvalue weighted by atomic mass is 79.9. The number of carbonyl (C=O) groups excluding carboxylic acids is 2. The quantitative estimate of drug-likeness (QED) is 0.707. The van der Waals surface area contributed by atoms with E-state index in [9.17, 15) is 9.59 Å². The molecule has 2 amide bonds. The van der Waals surface area contributed by atoms with Gasteiger partial charge in [-0.3, -0.25) is 9.59 Å². The molecule has 0 aliphatic carbocycles. The minimum Gasteiger partial charge on any atom is -0.490 e. The minimum absolute atomic E-state index is 0.0363. The van der Waals surface area contributed by atoms with Crippen LogP contribution in [-0.2, 0) is 9.53 Å². The monoisotopic (exact) mass is 420 g/mol. The van der Waals surface area contributed by atoms with E-state index in [2.05, 4.69) is 26.6 Å². The summed E-state index contributed by atoms with van der Waals surface area (Å²) < 4.78 is 11.3. The fraction of sp³-hybridized carbons (Fsp3) is 0.263. The molecule has 26 heavy (non-hydrogen) atoms. The second-order valence-electron chi connectivity index (χ2n) is 5.82. The van der Waals surface area contributed by atoms with Crippen molar-refractivity contribution in [2.45, 2.75) is 20.0 Å². The molecule has 2 N–H and O–H groups in total. The maximum absolute atomic E-state index is 12.6. The molecule has 2 aromatic carbocycles. The number of hydrogen-bond acceptors (Lipinski definition) is 4. The molecular weight excluding hydrogens is 400 g/mol. The summed E-state index contributed by atoms with van der Waals surface area (Å²) in [6.45, 7) is 3.76. The molecule has 0 spiro atoms. The van der Waals surface area contributed by atoms with Crippen LogP contribution in [0.25, 0.3) is 0 Å². The summed E-state index contributed by atoms with van der Waals surface area (Å²) in [4.78, 5) is 24.3. The van der Waals surface area contributed by atoms with Crippen molar-refractivity contribution in [3.63, 3.8) is 0 Å². The fourth-order valence-electron chi connectivity index (χ4n) is 2.24. The average molecular weight is 421 g/mol. The van der Waals surface area contributed by atoms with Gasteiger partial charge < -0.3 is 20.1 Å². The molecule has 0 radical (unpaired) electrons. The molecule has 0 heterocycles. The number of carbonyl (C=O) groups is 2. The topological polar surface area (TPSA) is 76.7 Å². The number of ether oxygens (including phenoxy) is 2. The number of rotatable bonds is 7. The smallest absolute Gasteiger partial charge is 0.259 e. The summed E-state index contributed by atoms with van der Waals surface area (Å²) in [6.07, 6.45) is -0.0600. The first-order valence-electron chi connectivity index (χ1n) is 8.05. The summed E-state index contributed by atoms with van der Waals surface area (Å²) >= 11 is 3.39. The third-order valence-electron chi connectivity index (χ3n) is 3.23. The van der Waals surface area contributed by atoms with Gasteiger partial charge in [0.15, 0.2) is 0 Å². The van der Waals surface area contributed by atoms with E-state index in [1.807, 2.05) is 13.8 Å². The van der Waals surface area contributed by atoms with Crippen molar-refractivity contribution in [1.82, 2.24) is 0 Å².